The van der Waals surface area contributed by atoms with E-state index in [0.717, 1.165) is 27.4 Å². The summed E-state index contributed by atoms with van der Waals surface area (Å²) < 4.78 is 4.87. The van der Waals surface area contributed by atoms with E-state index in [1.165, 1.54) is 0 Å². The number of hydrogen-bond acceptors (Lipinski definition) is 2. The quantitative estimate of drug-likeness (QED) is 0.306. The molecule has 0 bridgehead atoms. The van der Waals surface area contributed by atoms with Gasteiger partial charge in [0.05, 0.1) is 5.56 Å². The first kappa shape index (κ1) is 19.3. The smallest absolute Gasteiger partial charge is 0.290 e. The molecule has 1 heterocycles. The lowest BCUT2D eigenvalue weighted by molar-refractivity contribution is -0.592. The second kappa shape index (κ2) is 8.13. The topological polar surface area (TPSA) is 38.8 Å². The van der Waals surface area contributed by atoms with Crippen LogP contribution in [0.25, 0.3) is 17.1 Å². The van der Waals surface area contributed by atoms with Gasteiger partial charge < -0.3 is 0 Å². The minimum Gasteiger partial charge on any atom is -0.290 e. The van der Waals surface area contributed by atoms with Gasteiger partial charge in [0.2, 0.25) is 11.6 Å². The molecule has 0 amide bonds. The fraction of sp³-hybridized carbons (Fsp3) is 0.125. The van der Waals surface area contributed by atoms with Gasteiger partial charge in [0.15, 0.2) is 6.04 Å². The zero-order valence-electron chi connectivity index (χ0n) is 16.3. The van der Waals surface area contributed by atoms with Crippen molar-refractivity contribution in [2.24, 2.45) is 0 Å². The largest absolute Gasteiger partial charge is 0.313 e. The molecule has 0 N–H and O–H groups in total. The summed E-state index contributed by atoms with van der Waals surface area (Å²) in [7, 11) is 0. The van der Waals surface area contributed by atoms with Crippen LogP contribution in [0.3, 0.4) is 0 Å². The van der Waals surface area contributed by atoms with E-state index in [4.69, 9.17) is 5.10 Å². The van der Waals surface area contributed by atoms with E-state index in [1.54, 1.807) is 0 Å². The Balaban J connectivity index is 1.83. The Bertz CT molecular complexity index is 1140. The number of ketones is 1. The number of para-hydroxylation sites is 1. The molecule has 3 aromatic carbocycles. The summed E-state index contributed by atoms with van der Waals surface area (Å²) >= 11 is 3.42. The number of rotatable bonds is 5. The van der Waals surface area contributed by atoms with E-state index >= 15 is 0 Å². The third-order valence-electron chi connectivity index (χ3n) is 4.99. The van der Waals surface area contributed by atoms with E-state index in [9.17, 15) is 4.79 Å². The molecule has 0 aliphatic carbocycles. The summed E-state index contributed by atoms with van der Waals surface area (Å²) in [6.07, 6.45) is 0. The van der Waals surface area contributed by atoms with Crippen molar-refractivity contribution in [2.45, 2.75) is 19.9 Å². The average Bonchev–Trinajstić information content (AvgIpc) is 3.11. The van der Waals surface area contributed by atoms with Crippen LogP contribution >= 0.6 is 15.9 Å². The standard InChI is InChI=1S/C24H21BrN3O/c1-17(23(29)19-13-15-21(25)16-14-19)28-18(2)27(22-11-7-4-8-12-22)24(26-28)20-9-5-3-6-10-20/h3-17H,1-2H3/q+1. The van der Waals surface area contributed by atoms with Gasteiger partial charge in [0, 0.05) is 22.1 Å². The van der Waals surface area contributed by atoms with Gasteiger partial charge in [-0.1, -0.05) is 64.5 Å². The maximum Gasteiger partial charge on any atom is 0.313 e. The molecule has 0 aliphatic rings. The monoisotopic (exact) mass is 446 g/mol. The van der Waals surface area contributed by atoms with Crippen LogP contribution in [0.5, 0.6) is 0 Å². The molecule has 29 heavy (non-hydrogen) atoms. The van der Waals surface area contributed by atoms with Gasteiger partial charge in [-0.3, -0.25) is 4.79 Å². The molecule has 144 valence electrons. The number of benzene rings is 3. The highest BCUT2D eigenvalue weighted by atomic mass is 79.9. The van der Waals surface area contributed by atoms with E-state index in [2.05, 4.69) is 20.5 Å². The molecule has 0 aliphatic heterocycles. The van der Waals surface area contributed by atoms with Crippen LogP contribution in [-0.4, -0.2) is 15.6 Å². The molecule has 0 spiro atoms. The second-order valence-corrected chi connectivity index (χ2v) is 7.82. The average molecular weight is 447 g/mol. The van der Waals surface area contributed by atoms with Crippen molar-refractivity contribution in [1.82, 2.24) is 9.78 Å². The van der Waals surface area contributed by atoms with Crippen molar-refractivity contribution in [3.05, 3.63) is 101 Å². The summed E-state index contributed by atoms with van der Waals surface area (Å²) in [6, 6.07) is 27.2. The van der Waals surface area contributed by atoms with E-state index in [1.807, 2.05) is 103 Å². The fourth-order valence-electron chi connectivity index (χ4n) is 3.47. The van der Waals surface area contributed by atoms with E-state index in [-0.39, 0.29) is 5.78 Å². The first-order chi connectivity index (χ1) is 14.1. The Morgan fingerprint density at radius 1 is 0.931 bits per heavy atom. The minimum absolute atomic E-state index is 0.0305. The van der Waals surface area contributed by atoms with Gasteiger partial charge in [0.1, 0.15) is 5.69 Å². The minimum atomic E-state index is -0.427. The Kier molecular flexibility index (Phi) is 5.41. The number of carbonyl (C=O) groups excluding carboxylic acids is 1. The summed E-state index contributed by atoms with van der Waals surface area (Å²) in [5, 5.41) is 4.87. The van der Waals surface area contributed by atoms with Crippen molar-refractivity contribution in [3.8, 4) is 17.1 Å². The third kappa shape index (κ3) is 3.78. The highest BCUT2D eigenvalue weighted by Crippen LogP contribution is 2.21. The van der Waals surface area contributed by atoms with Crippen LogP contribution in [0.4, 0.5) is 0 Å². The first-order valence-corrected chi connectivity index (χ1v) is 10.3. The number of Topliss-reactive ketones (excluding diaryl/α,β-unsaturated/α-hetero) is 1. The molecule has 0 radical (unpaired) electrons. The maximum atomic E-state index is 13.1. The Hall–Kier alpha value is -3.05. The highest BCUT2D eigenvalue weighted by Gasteiger charge is 2.32. The summed E-state index contributed by atoms with van der Waals surface area (Å²) in [5.74, 6) is 1.74. The first-order valence-electron chi connectivity index (χ1n) is 9.48. The molecule has 0 saturated heterocycles. The molecule has 1 aromatic heterocycles. The zero-order valence-corrected chi connectivity index (χ0v) is 17.9. The molecule has 4 aromatic rings. The SMILES string of the molecule is Cc1n(C(C)C(=O)c2ccc(Br)cc2)nc(-c2ccccc2)[n+]1-c1ccccc1. The molecule has 0 fully saturated rings. The van der Waals surface area contributed by atoms with Gasteiger partial charge in [0.25, 0.3) is 0 Å². The number of nitrogens with zero attached hydrogens (tertiary/aromatic N) is 3. The summed E-state index contributed by atoms with van der Waals surface area (Å²) in [5.41, 5.74) is 2.68. The molecule has 5 heteroatoms. The maximum absolute atomic E-state index is 13.1. The van der Waals surface area contributed by atoms with E-state index < -0.39 is 6.04 Å². The predicted molar refractivity (Wildman–Crippen MR) is 117 cm³/mol. The number of aromatic nitrogens is 3. The van der Waals surface area contributed by atoms with Crippen LogP contribution in [0, 0.1) is 6.92 Å². The molecular formula is C24H21BrN3O+. The molecule has 1 unspecified atom stereocenters. The Labute approximate surface area is 178 Å². The van der Waals surface area contributed by atoms with Gasteiger partial charge in [-0.25, -0.2) is 0 Å². The van der Waals surface area contributed by atoms with Gasteiger partial charge in [-0.05, 0) is 43.3 Å². The van der Waals surface area contributed by atoms with Crippen molar-refractivity contribution in [3.63, 3.8) is 0 Å². The predicted octanol–water partition coefficient (Wildman–Crippen LogP) is 5.34. The lowest BCUT2D eigenvalue weighted by Crippen LogP contribution is -2.36. The molecule has 4 rings (SSSR count). The second-order valence-electron chi connectivity index (χ2n) is 6.90. The third-order valence-corrected chi connectivity index (χ3v) is 5.52. The molecule has 1 atom stereocenters. The molecule has 0 saturated carbocycles. The zero-order chi connectivity index (χ0) is 20.4. The lowest BCUT2D eigenvalue weighted by atomic mass is 10.1. The number of halogens is 1. The van der Waals surface area contributed by atoms with Crippen LogP contribution < -0.4 is 4.57 Å². The lowest BCUT2D eigenvalue weighted by Gasteiger charge is -2.07. The Morgan fingerprint density at radius 2 is 1.52 bits per heavy atom. The van der Waals surface area contributed by atoms with Crippen LogP contribution in [-0.2, 0) is 0 Å². The molecular weight excluding hydrogens is 426 g/mol. The van der Waals surface area contributed by atoms with Crippen LogP contribution in [0.15, 0.2) is 89.4 Å². The van der Waals surface area contributed by atoms with Crippen LogP contribution in [0.1, 0.15) is 29.1 Å². The Morgan fingerprint density at radius 3 is 2.14 bits per heavy atom. The molecule has 4 nitrogen and oxygen atoms in total. The van der Waals surface area contributed by atoms with Gasteiger partial charge in [-0.2, -0.15) is 4.57 Å². The van der Waals surface area contributed by atoms with Crippen LogP contribution in [0.2, 0.25) is 0 Å². The van der Waals surface area contributed by atoms with Gasteiger partial charge >= 0.3 is 5.82 Å². The number of hydrogen-bond donors (Lipinski definition) is 0. The van der Waals surface area contributed by atoms with Crippen molar-refractivity contribution < 1.29 is 9.36 Å². The van der Waals surface area contributed by atoms with Crippen molar-refractivity contribution >= 4 is 21.7 Å². The highest BCUT2D eigenvalue weighted by molar-refractivity contribution is 9.10. The van der Waals surface area contributed by atoms with Gasteiger partial charge in [-0.15, -0.1) is 4.68 Å². The summed E-state index contributed by atoms with van der Waals surface area (Å²) in [4.78, 5) is 13.1. The van der Waals surface area contributed by atoms with Crippen molar-refractivity contribution in [2.75, 3.05) is 0 Å². The van der Waals surface area contributed by atoms with Crippen molar-refractivity contribution in [1.29, 1.82) is 0 Å². The summed E-state index contributed by atoms with van der Waals surface area (Å²) in [6.45, 7) is 3.90. The fourth-order valence-corrected chi connectivity index (χ4v) is 3.73. The normalized spacial score (nSPS) is 12.0. The number of carbonyl (C=O) groups is 1. The van der Waals surface area contributed by atoms with E-state index in [0.29, 0.717) is 5.56 Å².